The first-order valence-corrected chi connectivity index (χ1v) is 16.3. The molecule has 0 aromatic heterocycles. The first-order valence-electron chi connectivity index (χ1n) is 11.0. The molecule has 3 aliphatic rings. The van der Waals surface area contributed by atoms with E-state index >= 15 is 0 Å². The molecular weight excluding hydrogens is 513 g/mol. The van der Waals surface area contributed by atoms with Gasteiger partial charge in [-0.25, -0.2) is 0 Å². The highest BCUT2D eigenvalue weighted by atomic mass is 32.3. The van der Waals surface area contributed by atoms with Crippen LogP contribution >= 0.6 is 70.6 Å². The van der Waals surface area contributed by atoms with Crippen LogP contribution in [-0.4, -0.2) is 23.1 Å². The molecule has 0 bridgehead atoms. The molecule has 1 aromatic carbocycles. The van der Waals surface area contributed by atoms with Crippen molar-refractivity contribution < 1.29 is 9.59 Å². The van der Waals surface area contributed by atoms with Gasteiger partial charge in [-0.05, 0) is 24.3 Å². The first kappa shape index (κ1) is 25.0. The van der Waals surface area contributed by atoms with Crippen LogP contribution in [0.5, 0.6) is 0 Å². The van der Waals surface area contributed by atoms with Crippen molar-refractivity contribution in [3.63, 3.8) is 0 Å². The van der Waals surface area contributed by atoms with E-state index < -0.39 is 0 Å². The second kappa shape index (κ2) is 12.0. The molecule has 1 aromatic rings. The number of thioether (sulfide) groups is 6. The molecule has 0 atom stereocenters. The van der Waals surface area contributed by atoms with Gasteiger partial charge in [-0.3, -0.25) is 9.59 Å². The van der Waals surface area contributed by atoms with E-state index in [4.69, 9.17) is 0 Å². The zero-order valence-electron chi connectivity index (χ0n) is 18.2. The molecule has 0 radical (unpaired) electrons. The van der Waals surface area contributed by atoms with Crippen molar-refractivity contribution in [3.8, 4) is 0 Å². The topological polar surface area (TPSA) is 34.1 Å². The average Bonchev–Trinajstić information content (AvgIpc) is 3.43. The van der Waals surface area contributed by atoms with Crippen molar-refractivity contribution in [2.45, 2.75) is 52.4 Å². The smallest absolute Gasteiger partial charge is 0.201 e. The Balaban J connectivity index is 1.49. The van der Waals surface area contributed by atoms with Crippen LogP contribution < -0.4 is 0 Å². The molecule has 0 spiro atoms. The number of hydrogen-bond donors (Lipinski definition) is 0. The number of Topliss-reactive ketones (excluding diaryl/α,β-unsaturated/α-hetero) is 2. The van der Waals surface area contributed by atoms with Crippen LogP contribution in [0.15, 0.2) is 51.0 Å². The lowest BCUT2D eigenvalue weighted by molar-refractivity contribution is 0.0988. The van der Waals surface area contributed by atoms with Gasteiger partial charge in [0.15, 0.2) is 0 Å². The summed E-state index contributed by atoms with van der Waals surface area (Å²) < 4.78 is 5.13. The van der Waals surface area contributed by atoms with E-state index in [0.717, 1.165) is 15.7 Å². The zero-order valence-corrected chi connectivity index (χ0v) is 23.1. The lowest BCUT2D eigenvalue weighted by atomic mass is 9.94. The summed E-state index contributed by atoms with van der Waals surface area (Å²) in [6.45, 7) is 4.48. The second-order valence-electron chi connectivity index (χ2n) is 7.53. The highest BCUT2D eigenvalue weighted by Gasteiger charge is 2.40. The largest absolute Gasteiger partial charge is 0.288 e. The highest BCUT2D eigenvalue weighted by molar-refractivity contribution is 8.42. The molecule has 0 amide bonds. The maximum absolute atomic E-state index is 13.0. The van der Waals surface area contributed by atoms with Crippen LogP contribution in [0.4, 0.5) is 0 Å². The summed E-state index contributed by atoms with van der Waals surface area (Å²) in [7, 11) is 0. The Morgan fingerprint density at radius 1 is 0.656 bits per heavy atom. The van der Waals surface area contributed by atoms with Crippen LogP contribution in [0.25, 0.3) is 0 Å². The molecule has 0 saturated carbocycles. The summed E-state index contributed by atoms with van der Waals surface area (Å²) in [6, 6.07) is 7.20. The standard InChI is InChI=1S/C24H26O2S6/c1-3-5-9-13-27-21-22(28-14-10-6-4-2)32-24(31-21)23-29-19-17(25)15-11-7-8-12-16(15)18(26)20(19)30-23/h7-8,11-12H,3-6,9-10,13-14H2,1-2H3. The summed E-state index contributed by atoms with van der Waals surface area (Å²) in [5, 5.41) is 0. The monoisotopic (exact) mass is 538 g/mol. The van der Waals surface area contributed by atoms with Crippen LogP contribution in [0.1, 0.15) is 73.1 Å². The number of fused-ring (bicyclic) bond motifs is 1. The van der Waals surface area contributed by atoms with Crippen LogP contribution in [0.2, 0.25) is 0 Å². The van der Waals surface area contributed by atoms with Crippen molar-refractivity contribution in [1.29, 1.82) is 0 Å². The molecule has 2 nitrogen and oxygen atoms in total. The van der Waals surface area contributed by atoms with E-state index in [9.17, 15) is 9.59 Å². The Morgan fingerprint density at radius 2 is 1.09 bits per heavy atom. The predicted octanol–water partition coefficient (Wildman–Crippen LogP) is 9.34. The van der Waals surface area contributed by atoms with Gasteiger partial charge in [-0.2, -0.15) is 0 Å². The Bertz CT molecular complexity index is 932. The number of allylic oxidation sites excluding steroid dienone is 2. The lowest BCUT2D eigenvalue weighted by Gasteiger charge is -2.13. The molecule has 0 saturated heterocycles. The second-order valence-corrected chi connectivity index (χ2v) is 14.9. The fourth-order valence-corrected chi connectivity index (χ4v) is 12.2. The van der Waals surface area contributed by atoms with E-state index in [0.29, 0.717) is 20.9 Å². The van der Waals surface area contributed by atoms with E-state index in [1.54, 1.807) is 12.1 Å². The van der Waals surface area contributed by atoms with Gasteiger partial charge in [-0.1, -0.05) is 111 Å². The number of rotatable bonds is 10. The number of hydrogen-bond acceptors (Lipinski definition) is 8. The van der Waals surface area contributed by atoms with Crippen molar-refractivity contribution >= 4 is 82.1 Å². The summed E-state index contributed by atoms with van der Waals surface area (Å²) in [5.41, 5.74) is 1.08. The molecule has 170 valence electrons. The SMILES string of the molecule is CCCCCSC1=C(SCCCCC)SC(=C2SC3=C(S2)C(=O)c2ccccc2C3=O)S1. The average molecular weight is 539 g/mol. The number of carbonyl (C=O) groups is 2. The molecule has 4 rings (SSSR count). The van der Waals surface area contributed by atoms with Gasteiger partial charge in [0, 0.05) is 11.1 Å². The zero-order chi connectivity index (χ0) is 22.5. The van der Waals surface area contributed by atoms with Gasteiger partial charge in [0.05, 0.1) is 26.8 Å². The third-order valence-electron chi connectivity index (χ3n) is 5.09. The molecule has 2 heterocycles. The summed E-state index contributed by atoms with van der Waals surface area (Å²) >= 11 is 10.6. The van der Waals surface area contributed by atoms with Crippen molar-refractivity contribution in [1.82, 2.24) is 0 Å². The van der Waals surface area contributed by atoms with Crippen molar-refractivity contribution in [2.24, 2.45) is 0 Å². The minimum absolute atomic E-state index is 0.00687. The predicted molar refractivity (Wildman–Crippen MR) is 151 cm³/mol. The van der Waals surface area contributed by atoms with Gasteiger partial charge >= 0.3 is 0 Å². The number of carbonyl (C=O) groups excluding carboxylic acids is 2. The van der Waals surface area contributed by atoms with Gasteiger partial charge in [0.25, 0.3) is 0 Å². The Hall–Kier alpha value is -0.120. The summed E-state index contributed by atoms with van der Waals surface area (Å²) in [5.74, 6) is 2.29. The third-order valence-corrected chi connectivity index (χ3v) is 13.9. The van der Waals surface area contributed by atoms with Crippen molar-refractivity contribution in [2.75, 3.05) is 11.5 Å². The molecule has 1 aliphatic carbocycles. The molecular formula is C24H26O2S6. The van der Waals surface area contributed by atoms with Gasteiger partial charge in [-0.15, -0.1) is 23.5 Å². The Labute approximate surface area is 216 Å². The maximum Gasteiger partial charge on any atom is 0.201 e. The minimum atomic E-state index is -0.00687. The highest BCUT2D eigenvalue weighted by Crippen LogP contribution is 2.64. The third kappa shape index (κ3) is 5.57. The molecule has 2 aliphatic heterocycles. The van der Waals surface area contributed by atoms with Gasteiger partial charge in [0.1, 0.15) is 0 Å². The minimum Gasteiger partial charge on any atom is -0.288 e. The summed E-state index contributed by atoms with van der Waals surface area (Å²) in [6.07, 6.45) is 7.53. The number of benzene rings is 1. The number of ketones is 2. The normalized spacial score (nSPS) is 18.2. The Morgan fingerprint density at radius 3 is 1.53 bits per heavy atom. The van der Waals surface area contributed by atoms with E-state index in [1.807, 2.05) is 59.2 Å². The molecule has 8 heteroatoms. The van der Waals surface area contributed by atoms with E-state index in [1.165, 1.54) is 74.8 Å². The molecule has 32 heavy (non-hydrogen) atoms. The molecule has 0 fully saturated rings. The fourth-order valence-electron chi connectivity index (χ4n) is 3.37. The van der Waals surface area contributed by atoms with Crippen LogP contribution in [-0.2, 0) is 0 Å². The number of unbranched alkanes of at least 4 members (excludes halogenated alkanes) is 4. The first-order chi connectivity index (χ1) is 15.6. The summed E-state index contributed by atoms with van der Waals surface area (Å²) in [4.78, 5) is 27.3. The van der Waals surface area contributed by atoms with Gasteiger partial charge < -0.3 is 0 Å². The van der Waals surface area contributed by atoms with Gasteiger partial charge in [0.2, 0.25) is 11.6 Å². The van der Waals surface area contributed by atoms with Crippen molar-refractivity contribution in [3.05, 3.63) is 62.2 Å². The maximum atomic E-state index is 13.0. The van der Waals surface area contributed by atoms with E-state index in [2.05, 4.69) is 13.8 Å². The Kier molecular flexibility index (Phi) is 9.39. The van der Waals surface area contributed by atoms with E-state index in [-0.39, 0.29) is 11.6 Å². The van der Waals surface area contributed by atoms with Crippen LogP contribution in [0, 0.1) is 0 Å². The molecule has 0 unspecified atom stereocenters. The fraction of sp³-hybridized carbons (Fsp3) is 0.417. The molecule has 0 N–H and O–H groups in total. The quantitative estimate of drug-likeness (QED) is 0.273. The lowest BCUT2D eigenvalue weighted by Crippen LogP contribution is -2.17. The van der Waals surface area contributed by atoms with Crippen LogP contribution in [0.3, 0.4) is 0 Å².